The van der Waals surface area contributed by atoms with Crippen LogP contribution < -0.4 is 0 Å². The second kappa shape index (κ2) is 20.1. The van der Waals surface area contributed by atoms with Gasteiger partial charge in [-0.15, -0.1) is 0 Å². The largest absolute Gasteiger partial charge is 0.377 e. The first-order valence-corrected chi connectivity index (χ1v) is 14.2. The maximum Gasteiger partial charge on any atom is 0.337 e. The van der Waals surface area contributed by atoms with E-state index in [1.54, 1.807) is 0 Å². The molecule has 0 saturated carbocycles. The number of carbonyl (C=O) groups is 1. The molecule has 0 spiro atoms. The lowest BCUT2D eigenvalue weighted by Gasteiger charge is -2.19. The number of ether oxygens (including phenoxy) is 3. The lowest BCUT2D eigenvalue weighted by Crippen LogP contribution is -2.28. The van der Waals surface area contributed by atoms with E-state index in [4.69, 9.17) is 23.3 Å². The highest BCUT2D eigenvalue weighted by molar-refractivity contribution is 7.54. The summed E-state index contributed by atoms with van der Waals surface area (Å²) in [4.78, 5) is 12.5. The Labute approximate surface area is 206 Å². The van der Waals surface area contributed by atoms with Crippen LogP contribution in [0.4, 0.5) is 0 Å². The Hall–Kier alpha value is -1.08. The molecule has 1 atom stereocenters. The third-order valence-electron chi connectivity index (χ3n) is 5.77. The first-order valence-electron chi connectivity index (χ1n) is 12.5. The minimum atomic E-state index is -3.39. The summed E-state index contributed by atoms with van der Waals surface area (Å²) in [5.41, 5.74) is 1.23. The summed E-state index contributed by atoms with van der Waals surface area (Å²) in [5.74, 6) is -0.269. The first-order chi connectivity index (χ1) is 16.5. The lowest BCUT2D eigenvalue weighted by molar-refractivity contribution is -0.138. The number of benzene rings is 1. The summed E-state index contributed by atoms with van der Waals surface area (Å²) in [6, 6.07) is 10.3. The van der Waals surface area contributed by atoms with Crippen molar-refractivity contribution >= 4 is 13.4 Å². The fraction of sp³-hybridized carbons (Fsp3) is 0.731. The smallest absolute Gasteiger partial charge is 0.337 e. The molecule has 0 aliphatic rings. The van der Waals surface area contributed by atoms with Gasteiger partial charge in [0.2, 0.25) is 0 Å². The fourth-order valence-electron chi connectivity index (χ4n) is 3.70. The van der Waals surface area contributed by atoms with Crippen LogP contribution in [0.1, 0.15) is 76.2 Å². The molecule has 0 amide bonds. The maximum absolute atomic E-state index is 12.5. The average Bonchev–Trinajstić information content (AvgIpc) is 2.86. The first kappa shape index (κ1) is 31.0. The Morgan fingerprint density at radius 1 is 0.824 bits per heavy atom. The quantitative estimate of drug-likeness (QED) is 0.0959. The van der Waals surface area contributed by atoms with Crippen LogP contribution in [-0.2, 0) is 39.2 Å². The molecule has 0 aromatic heterocycles. The van der Waals surface area contributed by atoms with Gasteiger partial charge in [-0.05, 0) is 18.4 Å². The van der Waals surface area contributed by atoms with E-state index in [9.17, 15) is 9.36 Å². The van der Waals surface area contributed by atoms with Gasteiger partial charge in [-0.2, -0.15) is 0 Å². The SMILES string of the molecule is COCO[C@H](CCCCCCCCCCCCOCc1ccccc1)C(=O)CP(=O)(OC)OC. The standard InChI is InChI=1S/C26H45O7P/c1-29-23-33-26(25(27)22-34(28,30-2)31-3)19-15-10-8-6-4-5-7-9-11-16-20-32-21-24-17-13-12-14-18-24/h12-14,17-18,26H,4-11,15-16,19-23H2,1-3H3/t26-/m1/s1. The monoisotopic (exact) mass is 500 g/mol. The molecule has 0 heterocycles. The number of rotatable bonds is 23. The molecule has 0 fully saturated rings. The second-order valence-corrected chi connectivity index (χ2v) is 10.8. The van der Waals surface area contributed by atoms with Gasteiger partial charge in [0.1, 0.15) is 19.1 Å². The van der Waals surface area contributed by atoms with Crippen LogP contribution in [-0.4, -0.2) is 52.8 Å². The van der Waals surface area contributed by atoms with Crippen molar-refractivity contribution in [2.75, 3.05) is 40.9 Å². The molecule has 0 aliphatic carbocycles. The van der Waals surface area contributed by atoms with E-state index < -0.39 is 13.7 Å². The van der Waals surface area contributed by atoms with E-state index in [-0.39, 0.29) is 18.7 Å². The summed E-state index contributed by atoms with van der Waals surface area (Å²) >= 11 is 0. The molecule has 0 bridgehead atoms. The molecular weight excluding hydrogens is 455 g/mol. The van der Waals surface area contributed by atoms with Crippen LogP contribution in [0, 0.1) is 0 Å². The van der Waals surface area contributed by atoms with Crippen molar-refractivity contribution in [1.82, 2.24) is 0 Å². The van der Waals surface area contributed by atoms with Gasteiger partial charge in [0.05, 0.1) is 6.61 Å². The fourth-order valence-corrected chi connectivity index (χ4v) is 4.69. The van der Waals surface area contributed by atoms with Crippen LogP contribution >= 0.6 is 7.60 Å². The van der Waals surface area contributed by atoms with E-state index in [0.29, 0.717) is 13.0 Å². The van der Waals surface area contributed by atoms with Gasteiger partial charge in [0.25, 0.3) is 0 Å². The van der Waals surface area contributed by atoms with Crippen LogP contribution in [0.15, 0.2) is 30.3 Å². The second-order valence-electron chi connectivity index (χ2n) is 8.52. The average molecular weight is 501 g/mol. The molecule has 34 heavy (non-hydrogen) atoms. The predicted octanol–water partition coefficient (Wildman–Crippen LogP) is 6.54. The summed E-state index contributed by atoms with van der Waals surface area (Å²) in [7, 11) is 0.689. The molecule has 0 N–H and O–H groups in total. The molecule has 8 heteroatoms. The highest BCUT2D eigenvalue weighted by Crippen LogP contribution is 2.46. The van der Waals surface area contributed by atoms with E-state index in [0.717, 1.165) is 32.3 Å². The summed E-state index contributed by atoms with van der Waals surface area (Å²) in [5, 5.41) is 0. The van der Waals surface area contributed by atoms with Gasteiger partial charge in [-0.1, -0.05) is 88.1 Å². The highest BCUT2D eigenvalue weighted by atomic mass is 31.2. The third-order valence-corrected chi connectivity index (χ3v) is 7.58. The van der Waals surface area contributed by atoms with Gasteiger partial charge in [0.15, 0.2) is 5.78 Å². The Balaban J connectivity index is 2.01. The normalized spacial score (nSPS) is 12.7. The predicted molar refractivity (Wildman–Crippen MR) is 135 cm³/mol. The zero-order chi connectivity index (χ0) is 24.9. The van der Waals surface area contributed by atoms with Crippen molar-refractivity contribution < 1.29 is 32.6 Å². The van der Waals surface area contributed by atoms with Crippen molar-refractivity contribution in [3.63, 3.8) is 0 Å². The highest BCUT2D eigenvalue weighted by Gasteiger charge is 2.30. The minimum absolute atomic E-state index is 0.0276. The van der Waals surface area contributed by atoms with Crippen molar-refractivity contribution in [3.05, 3.63) is 35.9 Å². The zero-order valence-electron chi connectivity index (χ0n) is 21.4. The van der Waals surface area contributed by atoms with Crippen molar-refractivity contribution in [2.24, 2.45) is 0 Å². The van der Waals surface area contributed by atoms with Crippen LogP contribution in [0.2, 0.25) is 0 Å². The van der Waals surface area contributed by atoms with E-state index in [1.807, 2.05) is 18.2 Å². The summed E-state index contributed by atoms with van der Waals surface area (Å²) in [6.45, 7) is 1.57. The van der Waals surface area contributed by atoms with Crippen LogP contribution in [0.3, 0.4) is 0 Å². The molecule has 0 unspecified atom stereocenters. The Bertz CT molecular complexity index is 660. The molecular formula is C26H45O7P. The molecule has 0 saturated heterocycles. The third kappa shape index (κ3) is 15.0. The van der Waals surface area contributed by atoms with Crippen molar-refractivity contribution in [1.29, 1.82) is 0 Å². The Morgan fingerprint density at radius 3 is 1.94 bits per heavy atom. The van der Waals surface area contributed by atoms with Gasteiger partial charge in [0, 0.05) is 27.9 Å². The van der Waals surface area contributed by atoms with E-state index >= 15 is 0 Å². The molecule has 1 rings (SSSR count). The lowest BCUT2D eigenvalue weighted by atomic mass is 10.0. The van der Waals surface area contributed by atoms with Gasteiger partial charge < -0.3 is 23.3 Å². The topological polar surface area (TPSA) is 80.3 Å². The molecule has 7 nitrogen and oxygen atoms in total. The van der Waals surface area contributed by atoms with Crippen molar-refractivity contribution in [3.8, 4) is 0 Å². The van der Waals surface area contributed by atoms with Crippen LogP contribution in [0.25, 0.3) is 0 Å². The minimum Gasteiger partial charge on any atom is -0.377 e. The molecule has 1 aromatic rings. The zero-order valence-corrected chi connectivity index (χ0v) is 22.3. The summed E-state index contributed by atoms with van der Waals surface area (Å²) < 4.78 is 38.1. The van der Waals surface area contributed by atoms with E-state index in [1.165, 1.54) is 65.4 Å². The van der Waals surface area contributed by atoms with Gasteiger partial charge >= 0.3 is 7.60 Å². The Kier molecular flexibility index (Phi) is 18.3. The number of hydrogen-bond donors (Lipinski definition) is 0. The van der Waals surface area contributed by atoms with Crippen LogP contribution in [0.5, 0.6) is 0 Å². The number of unbranched alkanes of at least 4 members (excludes halogenated alkanes) is 9. The molecule has 196 valence electrons. The molecule has 1 aromatic carbocycles. The number of methoxy groups -OCH3 is 1. The van der Waals surface area contributed by atoms with Gasteiger partial charge in [-0.25, -0.2) is 0 Å². The summed E-state index contributed by atoms with van der Waals surface area (Å²) in [6.07, 6.45) is 11.4. The Morgan fingerprint density at radius 2 is 1.38 bits per heavy atom. The maximum atomic E-state index is 12.5. The number of ketones is 1. The number of carbonyl (C=O) groups excluding carboxylic acids is 1. The molecule has 0 aliphatic heterocycles. The van der Waals surface area contributed by atoms with E-state index in [2.05, 4.69) is 12.1 Å². The number of hydrogen-bond acceptors (Lipinski definition) is 7. The molecule has 0 radical (unpaired) electrons. The van der Waals surface area contributed by atoms with Crippen molar-refractivity contribution in [2.45, 2.75) is 83.3 Å². The number of Topliss-reactive ketones (excluding diaryl/α,β-unsaturated/α-hetero) is 1. The van der Waals surface area contributed by atoms with Gasteiger partial charge in [-0.3, -0.25) is 9.36 Å².